The fourth-order valence-electron chi connectivity index (χ4n) is 5.33. The molecule has 8 nitrogen and oxygen atoms in total. The lowest BCUT2D eigenvalue weighted by Crippen LogP contribution is -2.43. The number of amides is 3. The van der Waals surface area contributed by atoms with Gasteiger partial charge in [-0.15, -0.1) is 11.3 Å². The van der Waals surface area contributed by atoms with Crippen LogP contribution in [0.3, 0.4) is 0 Å². The van der Waals surface area contributed by atoms with Gasteiger partial charge in [-0.1, -0.05) is 79.9 Å². The minimum atomic E-state index is -0.302. The molecule has 0 bridgehead atoms. The largest absolute Gasteiger partial charge is 0.383 e. The predicted molar refractivity (Wildman–Crippen MR) is 162 cm³/mol. The van der Waals surface area contributed by atoms with E-state index in [9.17, 15) is 14.4 Å². The molecule has 1 heterocycles. The zero-order valence-electron chi connectivity index (χ0n) is 23.7. The van der Waals surface area contributed by atoms with Crippen molar-refractivity contribution < 1.29 is 19.1 Å². The number of hydrogen-bond donors (Lipinski definition) is 2. The average molecular weight is 577 g/mol. The molecule has 0 aliphatic heterocycles. The summed E-state index contributed by atoms with van der Waals surface area (Å²) in [5, 5.41) is 8.02. The van der Waals surface area contributed by atoms with E-state index in [-0.39, 0.29) is 42.5 Å². The average Bonchev–Trinajstić information content (AvgIpc) is 3.44. The Morgan fingerprint density at radius 2 is 1.63 bits per heavy atom. The van der Waals surface area contributed by atoms with E-state index < -0.39 is 0 Å². The Kier molecular flexibility index (Phi) is 11.9. The first-order valence-corrected chi connectivity index (χ1v) is 15.3. The Bertz CT molecular complexity index is 1210. The Morgan fingerprint density at radius 1 is 0.976 bits per heavy atom. The highest BCUT2D eigenvalue weighted by atomic mass is 32.1. The maximum Gasteiger partial charge on any atom is 0.245 e. The summed E-state index contributed by atoms with van der Waals surface area (Å²) < 4.78 is 5.16. The summed E-state index contributed by atoms with van der Waals surface area (Å²) in [7, 11) is 1.58. The molecule has 1 saturated carbocycles. The molecule has 1 aromatic heterocycles. The SMILES string of the molecule is COCCN(CC(=O)Nc1nc(CC(=O)NCCC(c2ccccc2)c2ccccc2)cs1)C(=O)C1CCCCC1. The molecule has 1 aliphatic carbocycles. The highest BCUT2D eigenvalue weighted by Gasteiger charge is 2.27. The minimum Gasteiger partial charge on any atom is -0.383 e. The van der Waals surface area contributed by atoms with Crippen LogP contribution in [0.2, 0.25) is 0 Å². The van der Waals surface area contributed by atoms with E-state index in [1.165, 1.54) is 22.5 Å². The van der Waals surface area contributed by atoms with E-state index in [1.54, 1.807) is 17.4 Å². The number of aromatic nitrogens is 1. The van der Waals surface area contributed by atoms with Gasteiger partial charge in [-0.25, -0.2) is 4.98 Å². The summed E-state index contributed by atoms with van der Waals surface area (Å²) in [5.74, 6) is -0.225. The van der Waals surface area contributed by atoms with E-state index in [1.807, 2.05) is 36.4 Å². The number of ether oxygens (including phenoxy) is 1. The van der Waals surface area contributed by atoms with Crippen molar-refractivity contribution in [3.05, 3.63) is 82.9 Å². The van der Waals surface area contributed by atoms with Gasteiger partial charge < -0.3 is 20.3 Å². The van der Waals surface area contributed by atoms with Gasteiger partial charge in [0.25, 0.3) is 0 Å². The van der Waals surface area contributed by atoms with Crippen molar-refractivity contribution in [2.45, 2.75) is 50.9 Å². The Labute approximate surface area is 246 Å². The van der Waals surface area contributed by atoms with Crippen molar-refractivity contribution in [3.8, 4) is 0 Å². The van der Waals surface area contributed by atoms with E-state index >= 15 is 0 Å². The molecule has 0 atom stereocenters. The zero-order valence-corrected chi connectivity index (χ0v) is 24.5. The zero-order chi connectivity index (χ0) is 28.9. The van der Waals surface area contributed by atoms with Gasteiger partial charge in [-0.3, -0.25) is 14.4 Å². The Hall–Kier alpha value is -3.56. The van der Waals surface area contributed by atoms with E-state index in [0.29, 0.717) is 30.5 Å². The molecule has 0 saturated heterocycles. The van der Waals surface area contributed by atoms with E-state index in [0.717, 1.165) is 38.5 Å². The second-order valence-electron chi connectivity index (χ2n) is 10.5. The number of hydrogen-bond acceptors (Lipinski definition) is 6. The van der Waals surface area contributed by atoms with Gasteiger partial charge in [0.05, 0.1) is 18.7 Å². The monoisotopic (exact) mass is 576 g/mol. The first-order valence-electron chi connectivity index (χ1n) is 14.4. The lowest BCUT2D eigenvalue weighted by molar-refractivity contribution is -0.139. The number of nitrogens with zero attached hydrogens (tertiary/aromatic N) is 2. The quantitative estimate of drug-likeness (QED) is 0.281. The minimum absolute atomic E-state index is 0.0194. The standard InChI is InChI=1S/C32H40N4O4S/c1-40-20-19-36(31(39)26-15-9-4-10-16-26)22-30(38)35-32-34-27(23-41-32)21-29(37)33-18-17-28(24-11-5-2-6-12-24)25-13-7-3-8-14-25/h2-3,5-8,11-14,23,26,28H,4,9-10,15-22H2,1H3,(H,33,37)(H,34,35,38). The number of nitrogens with one attached hydrogen (secondary N) is 2. The molecule has 0 radical (unpaired) electrons. The van der Waals surface area contributed by atoms with Crippen molar-refractivity contribution in [2.24, 2.45) is 5.92 Å². The summed E-state index contributed by atoms with van der Waals surface area (Å²) in [5.41, 5.74) is 3.03. The molecular weight excluding hydrogens is 536 g/mol. The summed E-state index contributed by atoms with van der Waals surface area (Å²) in [6, 6.07) is 20.6. The summed E-state index contributed by atoms with van der Waals surface area (Å²) in [6.45, 7) is 1.24. The fraction of sp³-hybridized carbons (Fsp3) is 0.438. The second kappa shape index (κ2) is 16.0. The molecule has 0 spiro atoms. The summed E-state index contributed by atoms with van der Waals surface area (Å²) in [4.78, 5) is 44.5. The van der Waals surface area contributed by atoms with Crippen LogP contribution in [0.4, 0.5) is 5.13 Å². The molecular formula is C32H40N4O4S. The Balaban J connectivity index is 1.25. The highest BCUT2D eigenvalue weighted by Crippen LogP contribution is 2.28. The van der Waals surface area contributed by atoms with Crippen molar-refractivity contribution >= 4 is 34.2 Å². The normalized spacial score (nSPS) is 13.6. The van der Waals surface area contributed by atoms with Gasteiger partial charge in [0.1, 0.15) is 6.54 Å². The molecule has 2 aromatic carbocycles. The summed E-state index contributed by atoms with van der Waals surface area (Å²) >= 11 is 1.27. The van der Waals surface area contributed by atoms with Crippen molar-refractivity contribution in [2.75, 3.05) is 38.7 Å². The van der Waals surface area contributed by atoms with Crippen LogP contribution in [-0.4, -0.2) is 61.0 Å². The maximum absolute atomic E-state index is 13.0. The number of methoxy groups -OCH3 is 1. The molecule has 1 aliphatic rings. The van der Waals surface area contributed by atoms with E-state index in [2.05, 4.69) is 39.9 Å². The third-order valence-corrected chi connectivity index (χ3v) is 8.27. The molecule has 9 heteroatoms. The van der Waals surface area contributed by atoms with E-state index in [4.69, 9.17) is 4.74 Å². The number of thiazole rings is 1. The van der Waals surface area contributed by atoms with Crippen LogP contribution < -0.4 is 10.6 Å². The first kappa shape index (κ1) is 30.4. The van der Waals surface area contributed by atoms with Gasteiger partial charge in [-0.05, 0) is 30.4 Å². The second-order valence-corrected chi connectivity index (χ2v) is 11.3. The number of rotatable bonds is 14. The molecule has 2 N–H and O–H groups in total. The maximum atomic E-state index is 13.0. The van der Waals surface area contributed by atoms with Gasteiger partial charge >= 0.3 is 0 Å². The molecule has 1 fully saturated rings. The molecule has 218 valence electrons. The lowest BCUT2D eigenvalue weighted by Gasteiger charge is -2.28. The van der Waals surface area contributed by atoms with Crippen molar-refractivity contribution in [1.29, 1.82) is 0 Å². The fourth-order valence-corrected chi connectivity index (χ4v) is 6.06. The van der Waals surface area contributed by atoms with Crippen LogP contribution in [0, 0.1) is 5.92 Å². The smallest absolute Gasteiger partial charge is 0.245 e. The van der Waals surface area contributed by atoms with Gasteiger partial charge in [0, 0.05) is 37.4 Å². The third kappa shape index (κ3) is 9.50. The number of benzene rings is 2. The molecule has 4 rings (SSSR count). The van der Waals surface area contributed by atoms with Crippen LogP contribution in [-0.2, 0) is 25.5 Å². The predicted octanol–water partition coefficient (Wildman–Crippen LogP) is 5.02. The number of carbonyl (C=O) groups is 3. The third-order valence-electron chi connectivity index (χ3n) is 7.46. The first-order chi connectivity index (χ1) is 20.0. The van der Waals surface area contributed by atoms with Gasteiger partial charge in [0.15, 0.2) is 5.13 Å². The molecule has 0 unspecified atom stereocenters. The molecule has 41 heavy (non-hydrogen) atoms. The van der Waals surface area contributed by atoms with Crippen LogP contribution >= 0.6 is 11.3 Å². The van der Waals surface area contributed by atoms with Crippen LogP contribution in [0.1, 0.15) is 61.3 Å². The lowest BCUT2D eigenvalue weighted by atomic mass is 9.88. The van der Waals surface area contributed by atoms with Crippen LogP contribution in [0.15, 0.2) is 66.0 Å². The van der Waals surface area contributed by atoms with Gasteiger partial charge in [-0.2, -0.15) is 0 Å². The number of carbonyl (C=O) groups excluding carboxylic acids is 3. The van der Waals surface area contributed by atoms with Crippen LogP contribution in [0.5, 0.6) is 0 Å². The van der Waals surface area contributed by atoms with Crippen molar-refractivity contribution in [3.63, 3.8) is 0 Å². The Morgan fingerprint density at radius 3 is 2.27 bits per heavy atom. The number of anilines is 1. The molecule has 3 amide bonds. The molecule has 3 aromatic rings. The highest BCUT2D eigenvalue weighted by molar-refractivity contribution is 7.13. The van der Waals surface area contributed by atoms with Crippen molar-refractivity contribution in [1.82, 2.24) is 15.2 Å². The van der Waals surface area contributed by atoms with Gasteiger partial charge in [0.2, 0.25) is 17.7 Å². The topological polar surface area (TPSA) is 101 Å². The summed E-state index contributed by atoms with van der Waals surface area (Å²) in [6.07, 6.45) is 5.93. The van der Waals surface area contributed by atoms with Crippen LogP contribution in [0.25, 0.3) is 0 Å².